The predicted molar refractivity (Wildman–Crippen MR) is 77.2 cm³/mol. The third-order valence-electron chi connectivity index (χ3n) is 2.60. The summed E-state index contributed by atoms with van der Waals surface area (Å²) in [6.45, 7) is 1.25. The zero-order valence-electron chi connectivity index (χ0n) is 10.9. The number of hydrogen-bond donors (Lipinski definition) is 2. The quantitative estimate of drug-likeness (QED) is 0.907. The van der Waals surface area contributed by atoms with E-state index in [2.05, 4.69) is 5.32 Å². The van der Waals surface area contributed by atoms with Gasteiger partial charge in [0.15, 0.2) is 0 Å². The number of nitrogens with one attached hydrogen (secondary N) is 1. The van der Waals surface area contributed by atoms with Crippen molar-refractivity contribution in [3.63, 3.8) is 0 Å². The molecule has 0 aromatic heterocycles. The van der Waals surface area contributed by atoms with Crippen molar-refractivity contribution < 1.29 is 14.3 Å². The molecule has 5 heteroatoms. The van der Waals surface area contributed by atoms with Gasteiger partial charge in [0, 0.05) is 22.4 Å². The molecular weight excluding hydrogens is 277 g/mol. The van der Waals surface area contributed by atoms with Crippen molar-refractivity contribution in [1.82, 2.24) is 0 Å². The van der Waals surface area contributed by atoms with Crippen molar-refractivity contribution in [2.24, 2.45) is 0 Å². The Kier molecular flexibility index (Phi) is 4.76. The summed E-state index contributed by atoms with van der Waals surface area (Å²) >= 11 is 1.44. The third kappa shape index (κ3) is 3.82. The Morgan fingerprint density at radius 1 is 1.25 bits per heavy atom. The minimum Gasteiger partial charge on any atom is -0.392 e. The molecule has 0 unspecified atom stereocenters. The minimum absolute atomic E-state index is 0.119. The monoisotopic (exact) mass is 291 g/mol. The van der Waals surface area contributed by atoms with Crippen LogP contribution < -0.4 is 5.32 Å². The number of rotatable bonds is 4. The van der Waals surface area contributed by atoms with Gasteiger partial charge >= 0.3 is 0 Å². The van der Waals surface area contributed by atoms with Gasteiger partial charge in [0.2, 0.25) is 5.91 Å². The molecule has 104 valence electrons. The molecule has 1 amide bonds. The molecule has 2 aromatic rings. The third-order valence-corrected chi connectivity index (χ3v) is 3.72. The Hall–Kier alpha value is -1.85. The van der Waals surface area contributed by atoms with Gasteiger partial charge in [0.05, 0.1) is 6.61 Å². The van der Waals surface area contributed by atoms with Crippen LogP contribution in [0.2, 0.25) is 0 Å². The van der Waals surface area contributed by atoms with Crippen molar-refractivity contribution in [3.05, 3.63) is 53.8 Å². The molecule has 0 heterocycles. The first kappa shape index (κ1) is 14.6. The number of aliphatic hydroxyl groups is 1. The van der Waals surface area contributed by atoms with Gasteiger partial charge in [-0.2, -0.15) is 0 Å². The summed E-state index contributed by atoms with van der Waals surface area (Å²) in [6, 6.07) is 11.7. The van der Waals surface area contributed by atoms with E-state index in [-0.39, 0.29) is 18.3 Å². The molecule has 0 spiro atoms. The van der Waals surface area contributed by atoms with Gasteiger partial charge in [-0.25, -0.2) is 4.39 Å². The highest BCUT2D eigenvalue weighted by Crippen LogP contribution is 2.31. The second-order valence-corrected chi connectivity index (χ2v) is 5.33. The van der Waals surface area contributed by atoms with Crippen molar-refractivity contribution in [2.45, 2.75) is 23.3 Å². The largest absolute Gasteiger partial charge is 0.392 e. The summed E-state index contributed by atoms with van der Waals surface area (Å²) in [7, 11) is 0. The average Bonchev–Trinajstić information content (AvgIpc) is 2.42. The zero-order chi connectivity index (χ0) is 14.5. The molecule has 0 saturated carbocycles. The van der Waals surface area contributed by atoms with Crippen LogP contribution in [0.1, 0.15) is 12.5 Å². The van der Waals surface area contributed by atoms with Crippen LogP contribution in [0, 0.1) is 5.82 Å². The average molecular weight is 291 g/mol. The molecule has 2 N–H and O–H groups in total. The molecule has 20 heavy (non-hydrogen) atoms. The van der Waals surface area contributed by atoms with E-state index < -0.39 is 0 Å². The molecule has 0 aliphatic heterocycles. The normalized spacial score (nSPS) is 10.3. The molecule has 0 bridgehead atoms. The van der Waals surface area contributed by atoms with Crippen LogP contribution >= 0.6 is 11.8 Å². The van der Waals surface area contributed by atoms with E-state index in [1.54, 1.807) is 18.2 Å². The van der Waals surface area contributed by atoms with Crippen LogP contribution in [0.15, 0.2) is 52.3 Å². The van der Waals surface area contributed by atoms with E-state index in [9.17, 15) is 14.3 Å². The highest BCUT2D eigenvalue weighted by molar-refractivity contribution is 7.99. The zero-order valence-corrected chi connectivity index (χ0v) is 11.7. The maximum Gasteiger partial charge on any atom is 0.221 e. The Bertz CT molecular complexity index is 614. The summed E-state index contributed by atoms with van der Waals surface area (Å²) in [5, 5.41) is 11.9. The Morgan fingerprint density at radius 3 is 2.55 bits per heavy atom. The smallest absolute Gasteiger partial charge is 0.221 e. The van der Waals surface area contributed by atoms with E-state index in [4.69, 9.17) is 0 Å². The lowest BCUT2D eigenvalue weighted by molar-refractivity contribution is -0.114. The summed E-state index contributed by atoms with van der Waals surface area (Å²) in [5.74, 6) is -0.481. The molecule has 0 atom stereocenters. The van der Waals surface area contributed by atoms with Gasteiger partial charge in [-0.15, -0.1) is 0 Å². The Balaban J connectivity index is 2.16. The molecule has 2 rings (SSSR count). The SMILES string of the molecule is CC(=O)Nc1ccc(Sc2ccc(F)cc2CO)cc1. The van der Waals surface area contributed by atoms with Crippen molar-refractivity contribution in [3.8, 4) is 0 Å². The fraction of sp³-hybridized carbons (Fsp3) is 0.133. The van der Waals surface area contributed by atoms with Crippen LogP contribution in [0.4, 0.5) is 10.1 Å². The lowest BCUT2D eigenvalue weighted by Gasteiger charge is -2.08. The van der Waals surface area contributed by atoms with E-state index in [1.807, 2.05) is 12.1 Å². The predicted octanol–water partition coefficient (Wildman–Crippen LogP) is 3.43. The number of aliphatic hydroxyl groups excluding tert-OH is 1. The topological polar surface area (TPSA) is 49.3 Å². The van der Waals surface area contributed by atoms with Crippen LogP contribution in [-0.4, -0.2) is 11.0 Å². The van der Waals surface area contributed by atoms with Crippen LogP contribution in [-0.2, 0) is 11.4 Å². The number of benzene rings is 2. The Morgan fingerprint density at radius 2 is 1.95 bits per heavy atom. The number of halogens is 1. The van der Waals surface area contributed by atoms with E-state index in [0.29, 0.717) is 5.56 Å². The first-order chi connectivity index (χ1) is 9.58. The van der Waals surface area contributed by atoms with Crippen molar-refractivity contribution in [1.29, 1.82) is 0 Å². The van der Waals surface area contributed by atoms with Crippen LogP contribution in [0.3, 0.4) is 0 Å². The van der Waals surface area contributed by atoms with Gasteiger partial charge in [-0.1, -0.05) is 11.8 Å². The maximum absolute atomic E-state index is 13.1. The van der Waals surface area contributed by atoms with Gasteiger partial charge in [0.25, 0.3) is 0 Å². The van der Waals surface area contributed by atoms with E-state index in [1.165, 1.54) is 30.8 Å². The number of hydrogen-bond acceptors (Lipinski definition) is 3. The van der Waals surface area contributed by atoms with E-state index in [0.717, 1.165) is 15.5 Å². The number of anilines is 1. The van der Waals surface area contributed by atoms with Gasteiger partial charge in [-0.3, -0.25) is 4.79 Å². The van der Waals surface area contributed by atoms with Gasteiger partial charge in [0.1, 0.15) is 5.82 Å². The first-order valence-corrected chi connectivity index (χ1v) is 6.85. The van der Waals surface area contributed by atoms with Gasteiger partial charge in [-0.05, 0) is 48.0 Å². The van der Waals surface area contributed by atoms with E-state index >= 15 is 0 Å². The van der Waals surface area contributed by atoms with Crippen molar-refractivity contribution >= 4 is 23.4 Å². The molecule has 0 saturated heterocycles. The lowest BCUT2D eigenvalue weighted by Crippen LogP contribution is -2.05. The molecule has 2 aromatic carbocycles. The second kappa shape index (κ2) is 6.54. The highest BCUT2D eigenvalue weighted by Gasteiger charge is 2.06. The lowest BCUT2D eigenvalue weighted by atomic mass is 10.2. The van der Waals surface area contributed by atoms with Crippen LogP contribution in [0.25, 0.3) is 0 Å². The van der Waals surface area contributed by atoms with Crippen LogP contribution in [0.5, 0.6) is 0 Å². The first-order valence-electron chi connectivity index (χ1n) is 6.03. The molecular formula is C15H14FNO2S. The minimum atomic E-state index is -0.362. The molecule has 0 radical (unpaired) electrons. The Labute approximate surface area is 120 Å². The number of amides is 1. The summed E-state index contributed by atoms with van der Waals surface area (Å²) in [6.07, 6.45) is 0. The molecule has 3 nitrogen and oxygen atoms in total. The highest BCUT2D eigenvalue weighted by atomic mass is 32.2. The molecule has 0 fully saturated rings. The number of carbonyl (C=O) groups excluding carboxylic acids is 1. The fourth-order valence-corrected chi connectivity index (χ4v) is 2.62. The standard InChI is InChI=1S/C15H14FNO2S/c1-10(19)17-13-3-5-14(6-4-13)20-15-7-2-12(16)8-11(15)9-18/h2-8,18H,9H2,1H3,(H,17,19). The second-order valence-electron chi connectivity index (χ2n) is 4.22. The number of carbonyl (C=O) groups is 1. The summed E-state index contributed by atoms with van der Waals surface area (Å²) in [5.41, 5.74) is 1.28. The molecule has 0 aliphatic carbocycles. The molecule has 0 aliphatic rings. The summed E-state index contributed by atoms with van der Waals surface area (Å²) in [4.78, 5) is 12.7. The van der Waals surface area contributed by atoms with Crippen molar-refractivity contribution in [2.75, 3.05) is 5.32 Å². The van der Waals surface area contributed by atoms with Gasteiger partial charge < -0.3 is 10.4 Å². The summed E-state index contributed by atoms with van der Waals surface area (Å²) < 4.78 is 13.1. The fourth-order valence-electron chi connectivity index (χ4n) is 1.71. The maximum atomic E-state index is 13.1.